The van der Waals surface area contributed by atoms with Crippen molar-refractivity contribution in [3.05, 3.63) is 77.9 Å². The molecule has 0 aromatic heterocycles. The zero-order chi connectivity index (χ0) is 21.3. The van der Waals surface area contributed by atoms with Gasteiger partial charge >= 0.3 is 0 Å². The standard InChI is InChI=1S/C28H35NO2/c30-22-27-12-6-7-17-29(27)21-24-13-14-26-20-28(16-15-25(26)19-24)31-18-8-2-5-11-23-9-3-1-4-10-23/h1,3-4,9-10,13-16,19-20,27,30H,2,5-8,11-12,17-18,21-22H2. The molecule has 1 unspecified atom stereocenters. The van der Waals surface area contributed by atoms with Gasteiger partial charge in [-0.3, -0.25) is 4.90 Å². The van der Waals surface area contributed by atoms with E-state index < -0.39 is 0 Å². The number of aliphatic hydroxyl groups excluding tert-OH is 1. The lowest BCUT2D eigenvalue weighted by Gasteiger charge is -2.34. The van der Waals surface area contributed by atoms with E-state index in [2.05, 4.69) is 71.6 Å². The second kappa shape index (κ2) is 11.3. The first-order valence-electron chi connectivity index (χ1n) is 11.9. The van der Waals surface area contributed by atoms with Crippen molar-refractivity contribution in [3.8, 4) is 5.75 Å². The van der Waals surface area contributed by atoms with E-state index in [0.717, 1.165) is 44.7 Å². The van der Waals surface area contributed by atoms with Crippen LogP contribution in [0.25, 0.3) is 10.8 Å². The fraction of sp³-hybridized carbons (Fsp3) is 0.429. The molecular formula is C28H35NO2. The van der Waals surface area contributed by atoms with Crippen LogP contribution in [-0.4, -0.2) is 35.8 Å². The molecule has 0 aliphatic carbocycles. The van der Waals surface area contributed by atoms with E-state index in [0.29, 0.717) is 6.04 Å². The molecule has 1 aliphatic heterocycles. The highest BCUT2D eigenvalue weighted by atomic mass is 16.5. The Labute approximate surface area is 186 Å². The maximum Gasteiger partial charge on any atom is 0.119 e. The highest BCUT2D eigenvalue weighted by Crippen LogP contribution is 2.25. The molecule has 0 bridgehead atoms. The van der Waals surface area contributed by atoms with Crippen LogP contribution in [0.4, 0.5) is 0 Å². The van der Waals surface area contributed by atoms with E-state index >= 15 is 0 Å². The van der Waals surface area contributed by atoms with Crippen molar-refractivity contribution in [2.75, 3.05) is 19.8 Å². The fourth-order valence-corrected chi connectivity index (χ4v) is 4.61. The van der Waals surface area contributed by atoms with Gasteiger partial charge in [0, 0.05) is 12.6 Å². The van der Waals surface area contributed by atoms with Crippen LogP contribution in [-0.2, 0) is 13.0 Å². The Hall–Kier alpha value is -2.36. The van der Waals surface area contributed by atoms with Crippen molar-refractivity contribution in [3.63, 3.8) is 0 Å². The molecule has 0 saturated carbocycles. The van der Waals surface area contributed by atoms with E-state index in [4.69, 9.17) is 4.74 Å². The number of piperidine rings is 1. The van der Waals surface area contributed by atoms with Crippen LogP contribution < -0.4 is 4.74 Å². The van der Waals surface area contributed by atoms with Crippen molar-refractivity contribution in [1.29, 1.82) is 0 Å². The molecule has 1 saturated heterocycles. The number of ether oxygens (including phenoxy) is 1. The van der Waals surface area contributed by atoms with Gasteiger partial charge in [-0.25, -0.2) is 0 Å². The van der Waals surface area contributed by atoms with Gasteiger partial charge < -0.3 is 9.84 Å². The lowest BCUT2D eigenvalue weighted by molar-refractivity contribution is 0.0841. The molecule has 4 rings (SSSR count). The van der Waals surface area contributed by atoms with Crippen molar-refractivity contribution in [2.24, 2.45) is 0 Å². The number of likely N-dealkylation sites (tertiary alicyclic amines) is 1. The molecule has 3 nitrogen and oxygen atoms in total. The summed E-state index contributed by atoms with van der Waals surface area (Å²) in [6.07, 6.45) is 8.21. The average Bonchev–Trinajstić information content (AvgIpc) is 2.82. The van der Waals surface area contributed by atoms with Crippen LogP contribution in [0, 0.1) is 0 Å². The summed E-state index contributed by atoms with van der Waals surface area (Å²) in [7, 11) is 0. The molecule has 164 valence electrons. The summed E-state index contributed by atoms with van der Waals surface area (Å²) in [5.74, 6) is 0.958. The third kappa shape index (κ3) is 6.32. The monoisotopic (exact) mass is 417 g/mol. The summed E-state index contributed by atoms with van der Waals surface area (Å²) < 4.78 is 6.01. The maximum atomic E-state index is 9.66. The summed E-state index contributed by atoms with van der Waals surface area (Å²) in [6.45, 7) is 3.04. The lowest BCUT2D eigenvalue weighted by atomic mass is 10.0. The van der Waals surface area contributed by atoms with Crippen LogP contribution >= 0.6 is 0 Å². The second-order valence-corrected chi connectivity index (χ2v) is 8.79. The van der Waals surface area contributed by atoms with Gasteiger partial charge in [0.15, 0.2) is 0 Å². The number of rotatable bonds is 10. The van der Waals surface area contributed by atoms with Gasteiger partial charge in [-0.15, -0.1) is 0 Å². The number of nitrogens with zero attached hydrogens (tertiary/aromatic N) is 1. The number of hydrogen-bond acceptors (Lipinski definition) is 3. The van der Waals surface area contributed by atoms with E-state index in [1.54, 1.807) is 0 Å². The molecule has 1 heterocycles. The Bertz CT molecular complexity index is 940. The second-order valence-electron chi connectivity index (χ2n) is 8.79. The van der Waals surface area contributed by atoms with Gasteiger partial charge in [0.2, 0.25) is 0 Å². The number of benzene rings is 3. The average molecular weight is 418 g/mol. The largest absolute Gasteiger partial charge is 0.494 e. The van der Waals surface area contributed by atoms with Gasteiger partial charge in [-0.05, 0) is 85.2 Å². The van der Waals surface area contributed by atoms with Crippen LogP contribution in [0.2, 0.25) is 0 Å². The fourth-order valence-electron chi connectivity index (χ4n) is 4.61. The number of fused-ring (bicyclic) bond motifs is 1. The maximum absolute atomic E-state index is 9.66. The summed E-state index contributed by atoms with van der Waals surface area (Å²) in [4.78, 5) is 2.43. The molecule has 3 aromatic rings. The summed E-state index contributed by atoms with van der Waals surface area (Å²) in [5, 5.41) is 12.1. The van der Waals surface area contributed by atoms with Crippen LogP contribution in [0.5, 0.6) is 5.75 Å². The van der Waals surface area contributed by atoms with Crippen molar-refractivity contribution < 1.29 is 9.84 Å². The number of unbranched alkanes of at least 4 members (excludes halogenated alkanes) is 2. The third-order valence-electron chi connectivity index (χ3n) is 6.44. The lowest BCUT2D eigenvalue weighted by Crippen LogP contribution is -2.41. The minimum Gasteiger partial charge on any atom is -0.494 e. The van der Waals surface area contributed by atoms with Crippen LogP contribution in [0.1, 0.15) is 49.7 Å². The molecule has 0 radical (unpaired) electrons. The Kier molecular flexibility index (Phi) is 7.98. The third-order valence-corrected chi connectivity index (χ3v) is 6.44. The summed E-state index contributed by atoms with van der Waals surface area (Å²) in [5.41, 5.74) is 2.74. The highest BCUT2D eigenvalue weighted by molar-refractivity contribution is 5.84. The zero-order valence-electron chi connectivity index (χ0n) is 18.5. The number of aliphatic hydroxyl groups is 1. The first-order chi connectivity index (χ1) is 15.3. The molecule has 1 N–H and O–H groups in total. The van der Waals surface area contributed by atoms with Gasteiger partial charge in [-0.1, -0.05) is 55.0 Å². The topological polar surface area (TPSA) is 32.7 Å². The molecule has 1 atom stereocenters. The molecule has 1 fully saturated rings. The van der Waals surface area contributed by atoms with Crippen molar-refractivity contribution >= 4 is 10.8 Å². The Balaban J connectivity index is 1.25. The van der Waals surface area contributed by atoms with Crippen LogP contribution in [0.15, 0.2) is 66.7 Å². The number of hydrogen-bond donors (Lipinski definition) is 1. The minimum atomic E-state index is 0.264. The molecule has 3 aromatic carbocycles. The van der Waals surface area contributed by atoms with Gasteiger partial charge in [0.25, 0.3) is 0 Å². The van der Waals surface area contributed by atoms with Gasteiger partial charge in [0.1, 0.15) is 5.75 Å². The Morgan fingerprint density at radius 3 is 2.55 bits per heavy atom. The predicted molar refractivity (Wildman–Crippen MR) is 129 cm³/mol. The molecular weight excluding hydrogens is 382 g/mol. The molecule has 1 aliphatic rings. The van der Waals surface area contributed by atoms with Gasteiger partial charge in [-0.2, -0.15) is 0 Å². The van der Waals surface area contributed by atoms with Gasteiger partial charge in [0.05, 0.1) is 13.2 Å². The molecule has 3 heteroatoms. The summed E-state index contributed by atoms with van der Waals surface area (Å²) >= 11 is 0. The molecule has 31 heavy (non-hydrogen) atoms. The van der Waals surface area contributed by atoms with E-state index in [1.165, 1.54) is 47.6 Å². The Morgan fingerprint density at radius 1 is 0.839 bits per heavy atom. The molecule has 0 spiro atoms. The minimum absolute atomic E-state index is 0.264. The van der Waals surface area contributed by atoms with E-state index in [9.17, 15) is 5.11 Å². The smallest absolute Gasteiger partial charge is 0.119 e. The number of aryl methyl sites for hydroxylation is 1. The SMILES string of the molecule is OCC1CCCCN1Cc1ccc2cc(OCCCCCc3ccccc3)ccc2c1. The van der Waals surface area contributed by atoms with Crippen molar-refractivity contribution in [2.45, 2.75) is 57.5 Å². The normalized spacial score (nSPS) is 17.1. The van der Waals surface area contributed by atoms with E-state index in [1.807, 2.05) is 0 Å². The summed E-state index contributed by atoms with van der Waals surface area (Å²) in [6, 6.07) is 24.1. The first kappa shape index (κ1) is 21.9. The van der Waals surface area contributed by atoms with Crippen LogP contribution in [0.3, 0.4) is 0 Å². The predicted octanol–water partition coefficient (Wildman–Crippen LogP) is 5.98. The van der Waals surface area contributed by atoms with Crippen molar-refractivity contribution in [1.82, 2.24) is 4.90 Å². The first-order valence-corrected chi connectivity index (χ1v) is 11.9. The zero-order valence-corrected chi connectivity index (χ0v) is 18.5. The Morgan fingerprint density at radius 2 is 1.68 bits per heavy atom. The van der Waals surface area contributed by atoms with E-state index in [-0.39, 0.29) is 6.61 Å². The quantitative estimate of drug-likeness (QED) is 0.412. The highest BCUT2D eigenvalue weighted by Gasteiger charge is 2.21. The molecule has 0 amide bonds.